The normalized spacial score (nSPS) is 23.7. The molecule has 2 atom stereocenters. The fourth-order valence-electron chi connectivity index (χ4n) is 5.23. The fraction of sp³-hybridized carbons (Fsp3) is 0.381. The zero-order valence-electron chi connectivity index (χ0n) is 16.4. The number of aromatic nitrogens is 5. The van der Waals surface area contributed by atoms with Gasteiger partial charge in [0.2, 0.25) is 0 Å². The van der Waals surface area contributed by atoms with E-state index >= 15 is 0 Å². The molecule has 0 spiro atoms. The van der Waals surface area contributed by atoms with Crippen molar-refractivity contribution in [2.75, 3.05) is 4.90 Å². The number of anilines is 1. The van der Waals surface area contributed by atoms with Crippen LogP contribution in [0.25, 0.3) is 33.2 Å². The molecule has 4 aromatic rings. The minimum Gasteiger partial charge on any atom is -0.349 e. The molecule has 154 valence electrons. The summed E-state index contributed by atoms with van der Waals surface area (Å²) in [5.41, 5.74) is 9.10. The number of aromatic amines is 1. The van der Waals surface area contributed by atoms with Crippen molar-refractivity contribution in [2.45, 2.75) is 43.8 Å². The molecule has 9 heteroatoms. The predicted molar refractivity (Wildman–Crippen MR) is 115 cm³/mol. The molecule has 2 aliphatic rings. The SMILES string of the molecule is Cn1cc2c(Cl)c(-c3c[nH]c4nc(N5C6CCC5CC(N)C6)cnc34)cc(F)c2n1. The Hall–Kier alpha value is -2.71. The third-order valence-electron chi connectivity index (χ3n) is 6.49. The smallest absolute Gasteiger partial charge is 0.159 e. The summed E-state index contributed by atoms with van der Waals surface area (Å²) in [5, 5.41) is 5.19. The number of halogens is 2. The van der Waals surface area contributed by atoms with Gasteiger partial charge in [0, 0.05) is 54.1 Å². The van der Waals surface area contributed by atoms with Gasteiger partial charge < -0.3 is 15.6 Å². The van der Waals surface area contributed by atoms with Gasteiger partial charge in [0.1, 0.15) is 16.9 Å². The van der Waals surface area contributed by atoms with Crippen molar-refractivity contribution in [3.05, 3.63) is 35.5 Å². The molecule has 6 rings (SSSR count). The molecule has 0 radical (unpaired) electrons. The first-order valence-corrected chi connectivity index (χ1v) is 10.6. The topological polar surface area (TPSA) is 88.7 Å². The predicted octanol–water partition coefficient (Wildman–Crippen LogP) is 3.76. The van der Waals surface area contributed by atoms with Gasteiger partial charge in [-0.2, -0.15) is 5.10 Å². The van der Waals surface area contributed by atoms with E-state index in [4.69, 9.17) is 27.3 Å². The minimum absolute atomic E-state index is 0.262. The van der Waals surface area contributed by atoms with Gasteiger partial charge in [-0.3, -0.25) is 4.68 Å². The highest BCUT2D eigenvalue weighted by Crippen LogP contribution is 2.40. The molecule has 5 heterocycles. The molecule has 2 saturated heterocycles. The van der Waals surface area contributed by atoms with E-state index in [9.17, 15) is 4.39 Å². The number of rotatable bonds is 2. The van der Waals surface area contributed by atoms with E-state index in [1.54, 1.807) is 24.1 Å². The van der Waals surface area contributed by atoms with Gasteiger partial charge in [-0.25, -0.2) is 14.4 Å². The van der Waals surface area contributed by atoms with Gasteiger partial charge in [0.15, 0.2) is 11.5 Å². The van der Waals surface area contributed by atoms with Crippen LogP contribution in [0.2, 0.25) is 5.02 Å². The lowest BCUT2D eigenvalue weighted by Gasteiger charge is -2.38. The van der Waals surface area contributed by atoms with Crippen molar-refractivity contribution in [3.63, 3.8) is 0 Å². The molecule has 0 saturated carbocycles. The molecule has 2 bridgehead atoms. The summed E-state index contributed by atoms with van der Waals surface area (Å²) < 4.78 is 16.2. The monoisotopic (exact) mass is 425 g/mol. The molecule has 7 nitrogen and oxygen atoms in total. The van der Waals surface area contributed by atoms with E-state index in [0.717, 1.165) is 37.1 Å². The zero-order valence-corrected chi connectivity index (χ0v) is 17.2. The second-order valence-electron chi connectivity index (χ2n) is 8.44. The lowest BCUT2D eigenvalue weighted by molar-refractivity contribution is 0.412. The summed E-state index contributed by atoms with van der Waals surface area (Å²) in [6.07, 6.45) is 9.60. The number of nitrogens with two attached hydrogens (primary N) is 1. The first kappa shape index (κ1) is 18.1. The number of benzene rings is 1. The molecule has 2 aliphatic heterocycles. The van der Waals surface area contributed by atoms with Gasteiger partial charge in [-0.1, -0.05) is 11.6 Å². The summed E-state index contributed by atoms with van der Waals surface area (Å²) >= 11 is 6.63. The largest absolute Gasteiger partial charge is 0.349 e. The van der Waals surface area contributed by atoms with E-state index in [2.05, 4.69) is 15.0 Å². The van der Waals surface area contributed by atoms with Crippen molar-refractivity contribution in [3.8, 4) is 11.1 Å². The number of nitrogens with zero attached hydrogens (tertiary/aromatic N) is 5. The third kappa shape index (κ3) is 2.56. The lowest BCUT2D eigenvalue weighted by Crippen LogP contribution is -2.47. The fourth-order valence-corrected chi connectivity index (χ4v) is 5.53. The number of piperidine rings is 1. The molecule has 2 unspecified atom stereocenters. The Morgan fingerprint density at radius 1 is 1.20 bits per heavy atom. The second kappa shape index (κ2) is 6.39. The van der Waals surface area contributed by atoms with Crippen LogP contribution in [0.3, 0.4) is 0 Å². The van der Waals surface area contributed by atoms with Gasteiger partial charge >= 0.3 is 0 Å². The van der Waals surface area contributed by atoms with E-state index in [1.165, 1.54) is 6.07 Å². The first-order chi connectivity index (χ1) is 14.5. The van der Waals surface area contributed by atoms with Crippen molar-refractivity contribution in [2.24, 2.45) is 12.8 Å². The van der Waals surface area contributed by atoms with Crippen molar-refractivity contribution < 1.29 is 4.39 Å². The highest BCUT2D eigenvalue weighted by atomic mass is 35.5. The van der Waals surface area contributed by atoms with Crippen LogP contribution in [0.15, 0.2) is 24.7 Å². The zero-order chi connectivity index (χ0) is 20.6. The summed E-state index contributed by atoms with van der Waals surface area (Å²) in [6, 6.07) is 2.54. The van der Waals surface area contributed by atoms with Crippen LogP contribution >= 0.6 is 11.6 Å². The lowest BCUT2D eigenvalue weighted by atomic mass is 9.98. The van der Waals surface area contributed by atoms with Crippen LogP contribution < -0.4 is 10.6 Å². The van der Waals surface area contributed by atoms with Gasteiger partial charge in [-0.15, -0.1) is 0 Å². The van der Waals surface area contributed by atoms with Gasteiger partial charge in [0.05, 0.1) is 11.2 Å². The quantitative estimate of drug-likeness (QED) is 0.510. The van der Waals surface area contributed by atoms with Crippen LogP contribution in [0.1, 0.15) is 25.7 Å². The Morgan fingerprint density at radius 2 is 1.97 bits per heavy atom. The average Bonchev–Trinajstić information content (AvgIpc) is 3.38. The minimum atomic E-state index is -0.412. The molecule has 3 aromatic heterocycles. The molecule has 0 aliphatic carbocycles. The highest BCUT2D eigenvalue weighted by molar-refractivity contribution is 6.38. The van der Waals surface area contributed by atoms with Gasteiger partial charge in [0.25, 0.3) is 0 Å². The molecular weight excluding hydrogens is 405 g/mol. The maximum atomic E-state index is 14.7. The maximum absolute atomic E-state index is 14.7. The Morgan fingerprint density at radius 3 is 2.73 bits per heavy atom. The van der Waals surface area contributed by atoms with Crippen molar-refractivity contribution in [1.82, 2.24) is 24.7 Å². The summed E-state index contributed by atoms with van der Waals surface area (Å²) in [5.74, 6) is 0.459. The van der Waals surface area contributed by atoms with Crippen LogP contribution in [-0.2, 0) is 7.05 Å². The Balaban J connectivity index is 1.44. The number of H-pyrrole nitrogens is 1. The molecule has 0 amide bonds. The average molecular weight is 426 g/mol. The van der Waals surface area contributed by atoms with Gasteiger partial charge in [-0.05, 0) is 31.7 Å². The van der Waals surface area contributed by atoms with Crippen LogP contribution in [0.5, 0.6) is 0 Å². The molecule has 30 heavy (non-hydrogen) atoms. The van der Waals surface area contributed by atoms with Crippen molar-refractivity contribution >= 4 is 39.5 Å². The number of hydrogen-bond acceptors (Lipinski definition) is 5. The summed E-state index contributed by atoms with van der Waals surface area (Å²) in [7, 11) is 1.74. The van der Waals surface area contributed by atoms with E-state index < -0.39 is 5.82 Å². The van der Waals surface area contributed by atoms with E-state index in [-0.39, 0.29) is 11.6 Å². The summed E-state index contributed by atoms with van der Waals surface area (Å²) in [6.45, 7) is 0. The molecule has 3 N–H and O–H groups in total. The number of fused-ring (bicyclic) bond motifs is 4. The third-order valence-corrected chi connectivity index (χ3v) is 6.90. The number of nitrogens with one attached hydrogen (secondary N) is 1. The van der Waals surface area contributed by atoms with E-state index in [1.807, 2.05) is 6.20 Å². The van der Waals surface area contributed by atoms with Crippen LogP contribution in [0, 0.1) is 5.82 Å². The standard InChI is InChI=1S/C21H21ClFN7/c1-29-9-15-18(22)13(6-16(23)19(15)28-29)14-7-26-21-20(14)25-8-17(27-21)30-11-2-3-12(30)5-10(24)4-11/h6-12H,2-5,24H2,1H3,(H,26,27). The first-order valence-electron chi connectivity index (χ1n) is 10.2. The highest BCUT2D eigenvalue weighted by Gasteiger charge is 2.40. The van der Waals surface area contributed by atoms with E-state index in [0.29, 0.717) is 39.2 Å². The molecular formula is C21H21ClFN7. The molecule has 1 aromatic carbocycles. The second-order valence-corrected chi connectivity index (χ2v) is 8.81. The Kier molecular flexibility index (Phi) is 3.85. The maximum Gasteiger partial charge on any atom is 0.159 e. The van der Waals surface area contributed by atoms with Crippen LogP contribution in [-0.4, -0.2) is 42.9 Å². The number of hydrogen-bond donors (Lipinski definition) is 2. The van der Waals surface area contributed by atoms with Crippen molar-refractivity contribution in [1.29, 1.82) is 0 Å². The van der Waals surface area contributed by atoms with Crippen LogP contribution in [0.4, 0.5) is 10.2 Å². The summed E-state index contributed by atoms with van der Waals surface area (Å²) in [4.78, 5) is 15.1. The Bertz CT molecular complexity index is 1280. The Labute approximate surface area is 177 Å². The number of aryl methyl sites for hydroxylation is 1. The molecule has 2 fully saturated rings.